The molecule has 0 aliphatic carbocycles. The molecule has 1 aromatic carbocycles. The first-order valence-corrected chi connectivity index (χ1v) is 8.28. The van der Waals surface area contributed by atoms with Crippen molar-refractivity contribution in [1.29, 1.82) is 0 Å². The highest BCUT2D eigenvalue weighted by molar-refractivity contribution is 5.52. The fraction of sp³-hybridized carbons (Fsp3) is 0.625. The number of alkyl halides is 18. The molecule has 0 atom stereocenters. The Morgan fingerprint density at radius 1 is 0.417 bits per heavy atom. The largest absolute Gasteiger partial charge is 0.496 e. The van der Waals surface area contributed by atoms with Crippen LogP contribution in [0.1, 0.15) is 11.1 Å². The van der Waals surface area contributed by atoms with E-state index in [9.17, 15) is 79.0 Å². The van der Waals surface area contributed by atoms with Crippen molar-refractivity contribution in [2.75, 3.05) is 14.2 Å². The summed E-state index contributed by atoms with van der Waals surface area (Å²) in [6, 6.07) is -1.99. The zero-order valence-electron chi connectivity index (χ0n) is 16.8. The van der Waals surface area contributed by atoms with Crippen molar-refractivity contribution in [3.05, 3.63) is 23.3 Å². The van der Waals surface area contributed by atoms with E-state index in [4.69, 9.17) is 0 Å². The van der Waals surface area contributed by atoms with Gasteiger partial charge in [-0.1, -0.05) is 0 Å². The van der Waals surface area contributed by atoms with Crippen LogP contribution in [0.2, 0.25) is 0 Å². The predicted molar refractivity (Wildman–Crippen MR) is 79.2 cm³/mol. The summed E-state index contributed by atoms with van der Waals surface area (Å²) in [6.07, 6.45) is -14.7. The van der Waals surface area contributed by atoms with Gasteiger partial charge < -0.3 is 9.47 Å². The van der Waals surface area contributed by atoms with Gasteiger partial charge in [-0.15, -0.1) is 0 Å². The van der Waals surface area contributed by atoms with Gasteiger partial charge in [0.1, 0.15) is 11.5 Å². The third-order valence-electron chi connectivity index (χ3n) is 4.49. The van der Waals surface area contributed by atoms with Gasteiger partial charge in [0.15, 0.2) is 0 Å². The highest BCUT2D eigenvalue weighted by atomic mass is 19.4. The Morgan fingerprint density at radius 3 is 0.806 bits per heavy atom. The molecular formula is C16H8F18O2. The summed E-state index contributed by atoms with van der Waals surface area (Å²) in [5, 5.41) is 0. The van der Waals surface area contributed by atoms with E-state index < -0.39 is 82.6 Å². The van der Waals surface area contributed by atoms with Crippen LogP contribution in [0.15, 0.2) is 12.1 Å². The lowest BCUT2D eigenvalue weighted by Crippen LogP contribution is -2.60. The smallest absolute Gasteiger partial charge is 0.460 e. The van der Waals surface area contributed by atoms with Crippen molar-refractivity contribution >= 4 is 0 Å². The maximum atomic E-state index is 14.3. The molecular weight excluding hydrogens is 566 g/mol. The average molecular weight is 574 g/mol. The summed E-state index contributed by atoms with van der Waals surface area (Å²) in [6.45, 7) is 0. The van der Waals surface area contributed by atoms with E-state index in [2.05, 4.69) is 9.47 Å². The number of ether oxygens (including phenoxy) is 2. The Kier molecular flexibility index (Phi) is 7.51. The number of hydrogen-bond acceptors (Lipinski definition) is 2. The lowest BCUT2D eigenvalue weighted by atomic mass is 9.91. The van der Waals surface area contributed by atoms with Crippen molar-refractivity contribution < 1.29 is 88.5 Å². The Morgan fingerprint density at radius 2 is 0.639 bits per heavy atom. The van der Waals surface area contributed by atoms with Gasteiger partial charge in [-0.05, 0) is 12.1 Å². The lowest BCUT2D eigenvalue weighted by Gasteiger charge is -2.36. The summed E-state index contributed by atoms with van der Waals surface area (Å²) in [4.78, 5) is 0. The number of benzene rings is 1. The molecule has 0 heterocycles. The second-order valence-electron chi connectivity index (χ2n) is 6.69. The van der Waals surface area contributed by atoms with Crippen molar-refractivity contribution in [1.82, 2.24) is 0 Å². The van der Waals surface area contributed by atoms with Gasteiger partial charge in [-0.25, -0.2) is 0 Å². The second kappa shape index (κ2) is 8.56. The number of hydrogen-bond donors (Lipinski definition) is 0. The molecule has 36 heavy (non-hydrogen) atoms. The predicted octanol–water partition coefficient (Wildman–Crippen LogP) is 7.55. The average Bonchev–Trinajstić information content (AvgIpc) is 2.70. The SMILES string of the molecule is COc1cc(C(F)(F)C(F)(F)C(F)(F)C(F)(F)F)c(OC)cc1C(F)(F)C(F)(F)C(F)(F)C(F)(F)F. The fourth-order valence-corrected chi connectivity index (χ4v) is 2.48. The zero-order chi connectivity index (χ0) is 29.1. The monoisotopic (exact) mass is 574 g/mol. The number of methoxy groups -OCH3 is 2. The molecule has 2 nitrogen and oxygen atoms in total. The first-order chi connectivity index (χ1) is 15.6. The third kappa shape index (κ3) is 4.22. The van der Waals surface area contributed by atoms with E-state index in [1.54, 1.807) is 0 Å². The zero-order valence-corrected chi connectivity index (χ0v) is 16.8. The molecule has 0 aliphatic heterocycles. The van der Waals surface area contributed by atoms with Crippen LogP contribution in [0.25, 0.3) is 0 Å². The molecule has 1 aromatic rings. The minimum Gasteiger partial charge on any atom is -0.496 e. The first-order valence-electron chi connectivity index (χ1n) is 8.28. The van der Waals surface area contributed by atoms with Crippen LogP contribution in [0.4, 0.5) is 79.0 Å². The second-order valence-corrected chi connectivity index (χ2v) is 6.69. The van der Waals surface area contributed by atoms with Crippen molar-refractivity contribution in [3.8, 4) is 11.5 Å². The van der Waals surface area contributed by atoms with E-state index >= 15 is 0 Å². The number of halogens is 18. The number of rotatable bonds is 8. The minimum atomic E-state index is -7.52. The molecule has 0 bridgehead atoms. The van der Waals surface area contributed by atoms with Crippen LogP contribution >= 0.6 is 0 Å². The maximum Gasteiger partial charge on any atom is 0.460 e. The standard InChI is InChI=1S/C16H8F18O2/c1-35-7-3-6(10(19,20)12(23,24)14(27,28)16(32,33)34)8(36-2)4-5(7)9(17,18)11(21,22)13(25,26)15(29,30)31/h3-4H,1-2H3. The molecule has 0 N–H and O–H groups in total. The van der Waals surface area contributed by atoms with Crippen LogP contribution in [-0.4, -0.2) is 50.3 Å². The summed E-state index contributed by atoms with van der Waals surface area (Å²) >= 11 is 0. The normalized spacial score (nSPS) is 15.2. The summed E-state index contributed by atoms with van der Waals surface area (Å²) < 4.78 is 246. The molecule has 0 amide bonds. The molecule has 0 fully saturated rings. The van der Waals surface area contributed by atoms with Gasteiger partial charge >= 0.3 is 47.9 Å². The quantitative estimate of drug-likeness (QED) is 0.299. The van der Waals surface area contributed by atoms with Crippen LogP contribution < -0.4 is 9.47 Å². The molecule has 0 aliphatic rings. The molecule has 0 spiro atoms. The fourth-order valence-electron chi connectivity index (χ4n) is 2.48. The van der Waals surface area contributed by atoms with Gasteiger partial charge in [0.2, 0.25) is 0 Å². The van der Waals surface area contributed by atoms with Crippen LogP contribution in [0.5, 0.6) is 11.5 Å². The van der Waals surface area contributed by atoms with E-state index in [1.807, 2.05) is 0 Å². The first kappa shape index (κ1) is 31.6. The van der Waals surface area contributed by atoms with Crippen LogP contribution in [-0.2, 0) is 11.8 Å². The van der Waals surface area contributed by atoms with Gasteiger partial charge in [0.25, 0.3) is 0 Å². The molecule has 0 unspecified atom stereocenters. The Bertz CT molecular complexity index is 881. The van der Waals surface area contributed by atoms with E-state index in [0.717, 1.165) is 0 Å². The Balaban J connectivity index is 3.98. The summed E-state index contributed by atoms with van der Waals surface area (Å²) in [5.41, 5.74) is -5.69. The highest BCUT2D eigenvalue weighted by Crippen LogP contribution is 2.61. The molecule has 20 heteroatoms. The molecule has 0 aromatic heterocycles. The van der Waals surface area contributed by atoms with Crippen molar-refractivity contribution in [3.63, 3.8) is 0 Å². The minimum absolute atomic E-state index is 0.0613. The van der Waals surface area contributed by atoms with Gasteiger partial charge in [0.05, 0.1) is 25.3 Å². The molecule has 0 saturated carbocycles. The topological polar surface area (TPSA) is 18.5 Å². The Labute approximate surface area is 186 Å². The third-order valence-corrected chi connectivity index (χ3v) is 4.49. The van der Waals surface area contributed by atoms with Crippen molar-refractivity contribution in [2.45, 2.75) is 47.9 Å². The molecule has 0 saturated heterocycles. The van der Waals surface area contributed by atoms with Gasteiger partial charge in [-0.2, -0.15) is 79.0 Å². The van der Waals surface area contributed by atoms with Gasteiger partial charge in [0, 0.05) is 0 Å². The van der Waals surface area contributed by atoms with Gasteiger partial charge in [-0.3, -0.25) is 0 Å². The van der Waals surface area contributed by atoms with E-state index in [0.29, 0.717) is 0 Å². The highest BCUT2D eigenvalue weighted by Gasteiger charge is 2.84. The summed E-state index contributed by atoms with van der Waals surface area (Å²) in [7, 11) is 0.123. The molecule has 0 radical (unpaired) electrons. The van der Waals surface area contributed by atoms with E-state index in [1.165, 1.54) is 0 Å². The van der Waals surface area contributed by atoms with Crippen LogP contribution in [0, 0.1) is 0 Å². The lowest BCUT2D eigenvalue weighted by molar-refractivity contribution is -0.400. The van der Waals surface area contributed by atoms with Crippen molar-refractivity contribution in [2.24, 2.45) is 0 Å². The molecule has 1 rings (SSSR count). The maximum absolute atomic E-state index is 14.3. The summed E-state index contributed by atoms with van der Waals surface area (Å²) in [5.74, 6) is -48.0. The van der Waals surface area contributed by atoms with Crippen LogP contribution in [0.3, 0.4) is 0 Å². The van der Waals surface area contributed by atoms with E-state index in [-0.39, 0.29) is 14.2 Å². The Hall–Kier alpha value is -2.44. The molecule has 210 valence electrons.